The van der Waals surface area contributed by atoms with Gasteiger partial charge in [0.15, 0.2) is 0 Å². The van der Waals surface area contributed by atoms with Crippen LogP contribution in [0.5, 0.6) is 0 Å². The number of carbonyl (C=O) groups excluding carboxylic acids is 1. The van der Waals surface area contributed by atoms with Gasteiger partial charge in [-0.2, -0.15) is 11.8 Å². The molecule has 5 heteroatoms. The van der Waals surface area contributed by atoms with Crippen molar-refractivity contribution in [2.75, 3.05) is 24.6 Å². The molecule has 1 aliphatic rings. The van der Waals surface area contributed by atoms with Gasteiger partial charge >= 0.3 is 0 Å². The van der Waals surface area contributed by atoms with Gasteiger partial charge in [-0.15, -0.1) is 12.4 Å². The Morgan fingerprint density at radius 3 is 2.53 bits per heavy atom. The van der Waals surface area contributed by atoms with Crippen molar-refractivity contribution in [3.8, 4) is 0 Å². The SMILES string of the molecule is CCCCSCCC(=O)N1CCC(C(C)N)CC1.Cl. The lowest BCUT2D eigenvalue weighted by Gasteiger charge is -2.33. The Labute approximate surface area is 128 Å². The van der Waals surface area contributed by atoms with Gasteiger partial charge in [-0.1, -0.05) is 13.3 Å². The van der Waals surface area contributed by atoms with Gasteiger partial charge in [0, 0.05) is 31.3 Å². The number of carbonyl (C=O) groups is 1. The second-order valence-electron chi connectivity index (χ2n) is 5.29. The average Bonchev–Trinajstić information content (AvgIpc) is 2.38. The molecular weight excluding hydrogens is 280 g/mol. The molecule has 0 aliphatic carbocycles. The highest BCUT2D eigenvalue weighted by Gasteiger charge is 2.24. The van der Waals surface area contributed by atoms with Crippen molar-refractivity contribution in [3.63, 3.8) is 0 Å². The molecular formula is C14H29ClN2OS. The Morgan fingerprint density at radius 1 is 1.37 bits per heavy atom. The first-order valence-corrected chi connectivity index (χ1v) is 8.41. The zero-order valence-corrected chi connectivity index (χ0v) is 13.9. The molecule has 1 heterocycles. The van der Waals surface area contributed by atoms with Gasteiger partial charge in [0.2, 0.25) is 5.91 Å². The summed E-state index contributed by atoms with van der Waals surface area (Å²) in [5.74, 6) is 3.11. The fourth-order valence-electron chi connectivity index (χ4n) is 2.34. The standard InChI is InChI=1S/C14H28N2OS.ClH/c1-3-4-10-18-11-7-14(17)16-8-5-13(6-9-16)12(2)15;/h12-13H,3-11,15H2,1-2H3;1H. The molecule has 1 amide bonds. The Morgan fingerprint density at radius 2 is 2.00 bits per heavy atom. The molecule has 19 heavy (non-hydrogen) atoms. The van der Waals surface area contributed by atoms with Crippen molar-refractivity contribution in [1.82, 2.24) is 4.90 Å². The Balaban J connectivity index is 0.00000324. The minimum Gasteiger partial charge on any atom is -0.343 e. The number of hydrogen-bond donors (Lipinski definition) is 1. The molecule has 0 aromatic carbocycles. The van der Waals surface area contributed by atoms with Crippen LogP contribution >= 0.6 is 24.2 Å². The molecule has 2 N–H and O–H groups in total. The normalized spacial score (nSPS) is 17.9. The summed E-state index contributed by atoms with van der Waals surface area (Å²) >= 11 is 1.91. The minimum atomic E-state index is 0. The smallest absolute Gasteiger partial charge is 0.223 e. The van der Waals surface area contributed by atoms with Crippen molar-refractivity contribution in [2.24, 2.45) is 11.7 Å². The number of halogens is 1. The number of thioether (sulfide) groups is 1. The molecule has 0 radical (unpaired) electrons. The lowest BCUT2D eigenvalue weighted by atomic mass is 9.91. The second-order valence-corrected chi connectivity index (χ2v) is 6.52. The minimum absolute atomic E-state index is 0. The first kappa shape index (κ1) is 19.1. The Hall–Kier alpha value is 0.0700. The van der Waals surface area contributed by atoms with E-state index in [1.165, 1.54) is 18.6 Å². The lowest BCUT2D eigenvalue weighted by Crippen LogP contribution is -2.42. The van der Waals surface area contributed by atoms with E-state index >= 15 is 0 Å². The summed E-state index contributed by atoms with van der Waals surface area (Å²) in [6.07, 6.45) is 5.36. The molecule has 114 valence electrons. The van der Waals surface area contributed by atoms with Crippen molar-refractivity contribution in [2.45, 2.75) is 52.0 Å². The average molecular weight is 309 g/mol. The van der Waals surface area contributed by atoms with Gasteiger partial charge in [-0.25, -0.2) is 0 Å². The van der Waals surface area contributed by atoms with Crippen molar-refractivity contribution < 1.29 is 4.79 Å². The number of hydrogen-bond acceptors (Lipinski definition) is 3. The van der Waals surface area contributed by atoms with E-state index in [1.807, 2.05) is 16.7 Å². The third kappa shape index (κ3) is 7.42. The van der Waals surface area contributed by atoms with Gasteiger partial charge in [0.25, 0.3) is 0 Å². The fourth-order valence-corrected chi connectivity index (χ4v) is 3.36. The van der Waals surface area contributed by atoms with E-state index < -0.39 is 0 Å². The van der Waals surface area contributed by atoms with Crippen molar-refractivity contribution in [1.29, 1.82) is 0 Å². The summed E-state index contributed by atoms with van der Waals surface area (Å²) in [6.45, 7) is 6.09. The molecule has 1 unspecified atom stereocenters. The van der Waals surface area contributed by atoms with Crippen LogP contribution < -0.4 is 5.73 Å². The van der Waals surface area contributed by atoms with E-state index in [4.69, 9.17) is 5.73 Å². The number of likely N-dealkylation sites (tertiary alicyclic amines) is 1. The zero-order valence-electron chi connectivity index (χ0n) is 12.3. The van der Waals surface area contributed by atoms with E-state index in [0.29, 0.717) is 18.2 Å². The van der Waals surface area contributed by atoms with Crippen LogP contribution in [0, 0.1) is 5.92 Å². The highest BCUT2D eigenvalue weighted by atomic mass is 35.5. The van der Waals surface area contributed by atoms with Gasteiger partial charge in [-0.3, -0.25) is 4.79 Å². The van der Waals surface area contributed by atoms with Crippen LogP contribution in [0.25, 0.3) is 0 Å². The summed E-state index contributed by atoms with van der Waals surface area (Å²) in [4.78, 5) is 14.0. The number of unbranched alkanes of at least 4 members (excludes halogenated alkanes) is 1. The highest BCUT2D eigenvalue weighted by Crippen LogP contribution is 2.20. The predicted molar refractivity (Wildman–Crippen MR) is 87.1 cm³/mol. The zero-order chi connectivity index (χ0) is 13.4. The molecule has 0 saturated carbocycles. The third-order valence-corrected chi connectivity index (χ3v) is 4.81. The highest BCUT2D eigenvalue weighted by molar-refractivity contribution is 7.99. The van der Waals surface area contributed by atoms with E-state index in [0.717, 1.165) is 31.7 Å². The van der Waals surface area contributed by atoms with Gasteiger partial charge in [-0.05, 0) is 37.9 Å². The number of rotatable bonds is 7. The molecule has 1 atom stereocenters. The topological polar surface area (TPSA) is 46.3 Å². The van der Waals surface area contributed by atoms with Crippen molar-refractivity contribution >= 4 is 30.1 Å². The first-order valence-electron chi connectivity index (χ1n) is 7.26. The van der Waals surface area contributed by atoms with Gasteiger partial charge in [0.1, 0.15) is 0 Å². The van der Waals surface area contributed by atoms with Crippen LogP contribution in [0.1, 0.15) is 46.0 Å². The number of amides is 1. The molecule has 1 saturated heterocycles. The van der Waals surface area contributed by atoms with Crippen LogP contribution in [-0.4, -0.2) is 41.4 Å². The van der Waals surface area contributed by atoms with Crippen LogP contribution in [0.4, 0.5) is 0 Å². The van der Waals surface area contributed by atoms with E-state index in [-0.39, 0.29) is 18.4 Å². The summed E-state index contributed by atoms with van der Waals surface area (Å²) in [5, 5.41) is 0. The molecule has 1 fully saturated rings. The summed E-state index contributed by atoms with van der Waals surface area (Å²) < 4.78 is 0. The van der Waals surface area contributed by atoms with Crippen LogP contribution in [-0.2, 0) is 4.79 Å². The summed E-state index contributed by atoms with van der Waals surface area (Å²) in [5.41, 5.74) is 5.91. The monoisotopic (exact) mass is 308 g/mol. The predicted octanol–water partition coefficient (Wildman–Crippen LogP) is 2.92. The number of nitrogens with zero attached hydrogens (tertiary/aromatic N) is 1. The van der Waals surface area contributed by atoms with Gasteiger partial charge < -0.3 is 10.6 Å². The second kappa shape index (κ2) is 10.8. The van der Waals surface area contributed by atoms with E-state index in [9.17, 15) is 4.79 Å². The van der Waals surface area contributed by atoms with E-state index in [2.05, 4.69) is 13.8 Å². The van der Waals surface area contributed by atoms with Crippen LogP contribution in [0.3, 0.4) is 0 Å². The Bertz CT molecular complexity index is 244. The molecule has 0 bridgehead atoms. The van der Waals surface area contributed by atoms with Gasteiger partial charge in [0.05, 0.1) is 0 Å². The fraction of sp³-hybridized carbons (Fsp3) is 0.929. The molecule has 0 spiro atoms. The Kier molecular flexibility index (Phi) is 10.8. The quantitative estimate of drug-likeness (QED) is 0.736. The molecule has 0 aromatic heterocycles. The number of piperidine rings is 1. The largest absolute Gasteiger partial charge is 0.343 e. The maximum atomic E-state index is 12.0. The van der Waals surface area contributed by atoms with E-state index in [1.54, 1.807) is 0 Å². The van der Waals surface area contributed by atoms with Crippen molar-refractivity contribution in [3.05, 3.63) is 0 Å². The third-order valence-electron chi connectivity index (χ3n) is 3.74. The maximum Gasteiger partial charge on any atom is 0.223 e. The maximum absolute atomic E-state index is 12.0. The molecule has 1 aliphatic heterocycles. The lowest BCUT2D eigenvalue weighted by molar-refractivity contribution is -0.132. The molecule has 1 rings (SSSR count). The summed E-state index contributed by atoms with van der Waals surface area (Å²) in [7, 11) is 0. The van der Waals surface area contributed by atoms with Crippen LogP contribution in [0.2, 0.25) is 0 Å². The molecule has 3 nitrogen and oxygen atoms in total. The van der Waals surface area contributed by atoms with Crippen LogP contribution in [0.15, 0.2) is 0 Å². The molecule has 0 aromatic rings. The number of nitrogens with two attached hydrogens (primary N) is 1. The first-order chi connectivity index (χ1) is 8.65. The summed E-state index contributed by atoms with van der Waals surface area (Å²) in [6, 6.07) is 0.270.